The SMILES string of the molecule is Cc1cc(CC2CCNCC2)ccc1O. The molecule has 0 radical (unpaired) electrons. The van der Waals surface area contributed by atoms with E-state index in [1.54, 1.807) is 0 Å². The van der Waals surface area contributed by atoms with Gasteiger partial charge >= 0.3 is 0 Å². The Hall–Kier alpha value is -1.02. The summed E-state index contributed by atoms with van der Waals surface area (Å²) in [6.45, 7) is 4.27. The molecule has 1 saturated heterocycles. The first-order valence-corrected chi connectivity index (χ1v) is 5.75. The lowest BCUT2D eigenvalue weighted by molar-refractivity contribution is 0.372. The summed E-state index contributed by atoms with van der Waals surface area (Å²) in [5, 5.41) is 12.8. The van der Waals surface area contributed by atoms with Gasteiger partial charge in [0.05, 0.1) is 0 Å². The first-order chi connectivity index (χ1) is 7.25. The molecule has 1 aromatic carbocycles. The second-order valence-electron chi connectivity index (χ2n) is 4.52. The Labute approximate surface area is 91.3 Å². The maximum absolute atomic E-state index is 9.44. The van der Waals surface area contributed by atoms with Crippen molar-refractivity contribution in [2.75, 3.05) is 13.1 Å². The lowest BCUT2D eigenvalue weighted by Crippen LogP contribution is -2.28. The highest BCUT2D eigenvalue weighted by molar-refractivity contribution is 5.35. The van der Waals surface area contributed by atoms with Crippen molar-refractivity contribution >= 4 is 0 Å². The first-order valence-electron chi connectivity index (χ1n) is 5.75. The zero-order chi connectivity index (χ0) is 10.7. The number of nitrogens with one attached hydrogen (secondary N) is 1. The standard InChI is InChI=1S/C13H19NO/c1-10-8-12(2-3-13(10)15)9-11-4-6-14-7-5-11/h2-3,8,11,14-15H,4-7,9H2,1H3. The van der Waals surface area contributed by atoms with Crippen LogP contribution in [0.5, 0.6) is 5.75 Å². The van der Waals surface area contributed by atoms with Gasteiger partial charge in [0.2, 0.25) is 0 Å². The largest absolute Gasteiger partial charge is 0.508 e. The van der Waals surface area contributed by atoms with Gasteiger partial charge in [-0.3, -0.25) is 0 Å². The van der Waals surface area contributed by atoms with Crippen molar-refractivity contribution in [2.24, 2.45) is 5.92 Å². The molecule has 2 heteroatoms. The summed E-state index contributed by atoms with van der Waals surface area (Å²) >= 11 is 0. The van der Waals surface area contributed by atoms with E-state index < -0.39 is 0 Å². The monoisotopic (exact) mass is 205 g/mol. The summed E-state index contributed by atoms with van der Waals surface area (Å²) in [5.41, 5.74) is 2.35. The van der Waals surface area contributed by atoms with Crippen molar-refractivity contribution in [3.05, 3.63) is 29.3 Å². The summed E-state index contributed by atoms with van der Waals surface area (Å²) in [5.74, 6) is 1.22. The van der Waals surface area contributed by atoms with E-state index in [-0.39, 0.29) is 0 Å². The van der Waals surface area contributed by atoms with E-state index in [2.05, 4.69) is 11.4 Å². The highest BCUT2D eigenvalue weighted by atomic mass is 16.3. The Morgan fingerprint density at radius 2 is 2.07 bits per heavy atom. The predicted molar refractivity (Wildman–Crippen MR) is 62.1 cm³/mol. The molecule has 0 saturated carbocycles. The normalized spacial score (nSPS) is 17.9. The zero-order valence-electron chi connectivity index (χ0n) is 9.29. The van der Waals surface area contributed by atoms with Gasteiger partial charge in [-0.25, -0.2) is 0 Å². The van der Waals surface area contributed by atoms with Crippen molar-refractivity contribution in [3.8, 4) is 5.75 Å². The van der Waals surface area contributed by atoms with Gasteiger partial charge in [0.15, 0.2) is 0 Å². The molecule has 1 aromatic rings. The summed E-state index contributed by atoms with van der Waals surface area (Å²) in [4.78, 5) is 0. The summed E-state index contributed by atoms with van der Waals surface area (Å²) in [7, 11) is 0. The van der Waals surface area contributed by atoms with Gasteiger partial charge in [-0.05, 0) is 62.4 Å². The van der Waals surface area contributed by atoms with E-state index in [9.17, 15) is 5.11 Å². The van der Waals surface area contributed by atoms with Gasteiger partial charge < -0.3 is 10.4 Å². The van der Waals surface area contributed by atoms with Crippen molar-refractivity contribution in [1.82, 2.24) is 5.32 Å². The fourth-order valence-corrected chi connectivity index (χ4v) is 2.26. The van der Waals surface area contributed by atoms with E-state index in [0.717, 1.165) is 31.0 Å². The molecule has 0 aliphatic carbocycles. The minimum Gasteiger partial charge on any atom is -0.508 e. The van der Waals surface area contributed by atoms with Crippen LogP contribution in [0.25, 0.3) is 0 Å². The van der Waals surface area contributed by atoms with Crippen molar-refractivity contribution in [2.45, 2.75) is 26.2 Å². The molecule has 0 bridgehead atoms. The maximum Gasteiger partial charge on any atom is 0.118 e. The Bertz CT molecular complexity index is 329. The van der Waals surface area contributed by atoms with E-state index in [1.165, 1.54) is 18.4 Å². The number of hydrogen-bond donors (Lipinski definition) is 2. The Morgan fingerprint density at radius 1 is 1.33 bits per heavy atom. The van der Waals surface area contributed by atoms with Gasteiger partial charge in [0, 0.05) is 0 Å². The van der Waals surface area contributed by atoms with Crippen LogP contribution in [0.2, 0.25) is 0 Å². The summed E-state index contributed by atoms with van der Waals surface area (Å²) < 4.78 is 0. The van der Waals surface area contributed by atoms with Crippen LogP contribution in [0.15, 0.2) is 18.2 Å². The lowest BCUT2D eigenvalue weighted by atomic mass is 9.90. The highest BCUT2D eigenvalue weighted by Gasteiger charge is 2.13. The number of benzene rings is 1. The third kappa shape index (κ3) is 2.72. The summed E-state index contributed by atoms with van der Waals surface area (Å²) in [6.07, 6.45) is 3.71. The molecule has 1 aliphatic heterocycles. The fraction of sp³-hybridized carbons (Fsp3) is 0.538. The number of hydrogen-bond acceptors (Lipinski definition) is 2. The van der Waals surface area contributed by atoms with Gasteiger partial charge in [-0.15, -0.1) is 0 Å². The second-order valence-corrected chi connectivity index (χ2v) is 4.52. The van der Waals surface area contributed by atoms with Crippen molar-refractivity contribution < 1.29 is 5.11 Å². The topological polar surface area (TPSA) is 32.3 Å². The molecular formula is C13H19NO. The Balaban J connectivity index is 2.00. The molecule has 1 fully saturated rings. The van der Waals surface area contributed by atoms with Crippen LogP contribution in [-0.2, 0) is 6.42 Å². The number of phenols is 1. The highest BCUT2D eigenvalue weighted by Crippen LogP contribution is 2.22. The predicted octanol–water partition coefficient (Wildman–Crippen LogP) is 2.24. The molecule has 0 spiro atoms. The molecule has 0 atom stereocenters. The van der Waals surface area contributed by atoms with E-state index in [4.69, 9.17) is 0 Å². The maximum atomic E-state index is 9.44. The van der Waals surface area contributed by atoms with E-state index in [0.29, 0.717) is 5.75 Å². The third-order valence-corrected chi connectivity index (χ3v) is 3.24. The Kier molecular flexibility index (Phi) is 3.27. The van der Waals surface area contributed by atoms with Gasteiger partial charge in [0.1, 0.15) is 5.75 Å². The van der Waals surface area contributed by atoms with Crippen LogP contribution in [-0.4, -0.2) is 18.2 Å². The van der Waals surface area contributed by atoms with Gasteiger partial charge in [0.25, 0.3) is 0 Å². The lowest BCUT2D eigenvalue weighted by Gasteiger charge is -2.22. The Morgan fingerprint density at radius 3 is 2.73 bits per heavy atom. The molecule has 1 heterocycles. The third-order valence-electron chi connectivity index (χ3n) is 3.24. The minimum atomic E-state index is 0.407. The van der Waals surface area contributed by atoms with Crippen LogP contribution >= 0.6 is 0 Å². The molecule has 0 unspecified atom stereocenters. The van der Waals surface area contributed by atoms with Gasteiger partial charge in [-0.1, -0.05) is 12.1 Å². The fourth-order valence-electron chi connectivity index (χ4n) is 2.26. The number of aromatic hydroxyl groups is 1. The van der Waals surface area contributed by atoms with Crippen LogP contribution in [0.1, 0.15) is 24.0 Å². The average Bonchev–Trinajstić information content (AvgIpc) is 2.25. The number of phenolic OH excluding ortho intramolecular Hbond substituents is 1. The number of piperidine rings is 1. The molecule has 2 N–H and O–H groups in total. The smallest absolute Gasteiger partial charge is 0.118 e. The second kappa shape index (κ2) is 4.67. The van der Waals surface area contributed by atoms with E-state index >= 15 is 0 Å². The minimum absolute atomic E-state index is 0.407. The van der Waals surface area contributed by atoms with Crippen molar-refractivity contribution in [3.63, 3.8) is 0 Å². The molecule has 0 amide bonds. The van der Waals surface area contributed by atoms with Crippen molar-refractivity contribution in [1.29, 1.82) is 0 Å². The quantitative estimate of drug-likeness (QED) is 0.776. The molecule has 2 nitrogen and oxygen atoms in total. The first kappa shape index (κ1) is 10.5. The van der Waals surface area contributed by atoms with Crippen LogP contribution in [0.4, 0.5) is 0 Å². The molecule has 1 aliphatic rings. The molecule has 2 rings (SSSR count). The zero-order valence-corrected chi connectivity index (χ0v) is 9.29. The molecule has 0 aromatic heterocycles. The van der Waals surface area contributed by atoms with Gasteiger partial charge in [-0.2, -0.15) is 0 Å². The average molecular weight is 205 g/mol. The van der Waals surface area contributed by atoms with Crippen LogP contribution in [0, 0.1) is 12.8 Å². The number of aryl methyl sites for hydroxylation is 1. The molecule has 15 heavy (non-hydrogen) atoms. The van der Waals surface area contributed by atoms with Crippen LogP contribution in [0.3, 0.4) is 0 Å². The number of rotatable bonds is 2. The van der Waals surface area contributed by atoms with Crippen LogP contribution < -0.4 is 5.32 Å². The molecule has 82 valence electrons. The summed E-state index contributed by atoms with van der Waals surface area (Å²) in [6, 6.07) is 5.97. The molecular weight excluding hydrogens is 186 g/mol. The van der Waals surface area contributed by atoms with E-state index in [1.807, 2.05) is 19.1 Å².